The zero-order valence-corrected chi connectivity index (χ0v) is 19.8. The van der Waals surface area contributed by atoms with Gasteiger partial charge in [0.05, 0.1) is 5.52 Å². The van der Waals surface area contributed by atoms with Gasteiger partial charge in [-0.05, 0) is 42.3 Å². The Bertz CT molecular complexity index is 1720. The van der Waals surface area contributed by atoms with Crippen LogP contribution in [0.15, 0.2) is 60.9 Å². The average molecular weight is 508 g/mol. The van der Waals surface area contributed by atoms with Gasteiger partial charge in [-0.2, -0.15) is 0 Å². The standard InChI is InChI=1S/C25H16ClF2N5OS/c1-13-9-18(22(27)28)30-25-19(13)20-21(35-25)24-31-23(32-33(24)12-29-20)15-7-5-14(6-8-15)11-34-17-4-2-3-16(26)10-17/h2-10,12,22H,11H2,1H3. The number of aromatic nitrogens is 5. The van der Waals surface area contributed by atoms with Crippen LogP contribution < -0.4 is 4.74 Å². The molecule has 0 amide bonds. The van der Waals surface area contributed by atoms with Gasteiger partial charge in [0.1, 0.15) is 33.9 Å². The third-order valence-electron chi connectivity index (χ3n) is 5.62. The largest absolute Gasteiger partial charge is 0.489 e. The Balaban J connectivity index is 1.33. The Morgan fingerprint density at radius 1 is 1.09 bits per heavy atom. The number of rotatable bonds is 5. The van der Waals surface area contributed by atoms with Gasteiger partial charge in [-0.1, -0.05) is 41.9 Å². The van der Waals surface area contributed by atoms with E-state index in [2.05, 4.69) is 15.1 Å². The van der Waals surface area contributed by atoms with E-state index in [1.54, 1.807) is 29.9 Å². The van der Waals surface area contributed by atoms with Crippen LogP contribution in [-0.2, 0) is 6.61 Å². The van der Waals surface area contributed by atoms with E-state index in [1.807, 2.05) is 36.4 Å². The molecule has 174 valence electrons. The van der Waals surface area contributed by atoms with Gasteiger partial charge in [0.15, 0.2) is 11.5 Å². The summed E-state index contributed by atoms with van der Waals surface area (Å²) in [6.45, 7) is 2.19. The van der Waals surface area contributed by atoms with Crippen LogP contribution in [-0.4, -0.2) is 24.6 Å². The van der Waals surface area contributed by atoms with Crippen LogP contribution in [0.5, 0.6) is 5.75 Å². The second kappa shape index (κ2) is 8.51. The van der Waals surface area contributed by atoms with Crippen LogP contribution >= 0.6 is 22.9 Å². The van der Waals surface area contributed by atoms with Gasteiger partial charge in [-0.25, -0.2) is 28.2 Å². The molecule has 0 bridgehead atoms. The maximum absolute atomic E-state index is 13.2. The Hall–Kier alpha value is -3.69. The monoisotopic (exact) mass is 507 g/mol. The Labute approximate surface area is 206 Å². The predicted octanol–water partition coefficient (Wildman–Crippen LogP) is 7.03. The molecule has 6 aromatic rings. The molecule has 10 heteroatoms. The molecular formula is C25H16ClF2N5OS. The second-order valence-electron chi connectivity index (χ2n) is 8.02. The van der Waals surface area contributed by atoms with Gasteiger partial charge in [-0.15, -0.1) is 16.4 Å². The van der Waals surface area contributed by atoms with Crippen molar-refractivity contribution < 1.29 is 13.5 Å². The number of hydrogen-bond acceptors (Lipinski definition) is 6. The minimum absolute atomic E-state index is 0.237. The van der Waals surface area contributed by atoms with Crippen molar-refractivity contribution in [3.8, 4) is 17.1 Å². The quantitative estimate of drug-likeness (QED) is 0.250. The molecule has 0 unspecified atom stereocenters. The summed E-state index contributed by atoms with van der Waals surface area (Å²) in [6, 6.07) is 16.5. The van der Waals surface area contributed by atoms with Crippen molar-refractivity contribution in [3.63, 3.8) is 0 Å². The van der Waals surface area contributed by atoms with Crippen LogP contribution in [0.2, 0.25) is 5.02 Å². The minimum Gasteiger partial charge on any atom is -0.489 e. The predicted molar refractivity (Wildman–Crippen MR) is 132 cm³/mol. The number of alkyl halides is 2. The zero-order valence-electron chi connectivity index (χ0n) is 18.2. The lowest BCUT2D eigenvalue weighted by molar-refractivity contribution is 0.146. The van der Waals surface area contributed by atoms with Gasteiger partial charge in [0, 0.05) is 16.0 Å². The molecule has 0 saturated heterocycles. The first kappa shape index (κ1) is 21.8. The molecule has 6 nitrogen and oxygen atoms in total. The summed E-state index contributed by atoms with van der Waals surface area (Å²) in [5, 5.41) is 5.96. The number of halogens is 3. The molecular weight excluding hydrogens is 492 g/mol. The smallest absolute Gasteiger partial charge is 0.280 e. The van der Waals surface area contributed by atoms with Gasteiger partial charge < -0.3 is 4.74 Å². The summed E-state index contributed by atoms with van der Waals surface area (Å²) in [5.41, 5.74) is 3.60. The van der Waals surface area contributed by atoms with E-state index in [9.17, 15) is 8.78 Å². The number of benzene rings is 2. The fraction of sp³-hybridized carbons (Fsp3) is 0.120. The van der Waals surface area contributed by atoms with Gasteiger partial charge in [0.25, 0.3) is 6.43 Å². The fourth-order valence-electron chi connectivity index (χ4n) is 3.94. The molecule has 0 spiro atoms. The highest BCUT2D eigenvalue weighted by atomic mass is 35.5. The minimum atomic E-state index is -2.63. The van der Waals surface area contributed by atoms with E-state index >= 15 is 0 Å². The lowest BCUT2D eigenvalue weighted by Crippen LogP contribution is -1.95. The molecule has 4 heterocycles. The normalized spacial score (nSPS) is 11.8. The van der Waals surface area contributed by atoms with E-state index in [0.29, 0.717) is 44.8 Å². The van der Waals surface area contributed by atoms with Crippen molar-refractivity contribution in [3.05, 3.63) is 82.8 Å². The Morgan fingerprint density at radius 2 is 1.91 bits per heavy atom. The van der Waals surface area contributed by atoms with E-state index in [0.717, 1.165) is 21.2 Å². The van der Waals surface area contributed by atoms with Crippen molar-refractivity contribution in [2.45, 2.75) is 20.0 Å². The summed E-state index contributed by atoms with van der Waals surface area (Å²) in [4.78, 5) is 13.9. The van der Waals surface area contributed by atoms with Gasteiger partial charge in [0.2, 0.25) is 0 Å². The number of nitrogens with zero attached hydrogens (tertiary/aromatic N) is 5. The summed E-state index contributed by atoms with van der Waals surface area (Å²) < 4.78 is 34.6. The molecule has 2 aromatic carbocycles. The summed E-state index contributed by atoms with van der Waals surface area (Å²) >= 11 is 7.30. The Morgan fingerprint density at radius 3 is 2.69 bits per heavy atom. The lowest BCUT2D eigenvalue weighted by Gasteiger charge is -2.07. The third kappa shape index (κ3) is 3.96. The highest BCUT2D eigenvalue weighted by molar-refractivity contribution is 7.26. The average Bonchev–Trinajstić information content (AvgIpc) is 3.45. The topological polar surface area (TPSA) is 65.2 Å². The van der Waals surface area contributed by atoms with Crippen LogP contribution in [0.1, 0.15) is 23.2 Å². The molecule has 35 heavy (non-hydrogen) atoms. The molecule has 0 atom stereocenters. The lowest BCUT2D eigenvalue weighted by atomic mass is 10.1. The Kier molecular flexibility index (Phi) is 5.31. The number of aryl methyl sites for hydroxylation is 1. The first-order chi connectivity index (χ1) is 17.0. The summed E-state index contributed by atoms with van der Waals surface area (Å²) in [7, 11) is 0. The van der Waals surface area contributed by atoms with Crippen LogP contribution in [0.3, 0.4) is 0 Å². The molecule has 0 aliphatic carbocycles. The van der Waals surface area contributed by atoms with Crippen molar-refractivity contribution in [1.82, 2.24) is 24.6 Å². The summed E-state index contributed by atoms with van der Waals surface area (Å²) in [5.74, 6) is 1.24. The van der Waals surface area contributed by atoms with Crippen molar-refractivity contribution in [2.75, 3.05) is 0 Å². The van der Waals surface area contributed by atoms with E-state index in [4.69, 9.17) is 21.3 Å². The van der Waals surface area contributed by atoms with E-state index < -0.39 is 6.43 Å². The SMILES string of the molecule is Cc1cc(C(F)F)nc2sc3c(ncn4nc(-c5ccc(COc6cccc(Cl)c6)cc5)nc34)c12. The molecule has 0 aliphatic rings. The number of fused-ring (bicyclic) bond motifs is 5. The molecule has 6 rings (SSSR count). The molecule has 4 aromatic heterocycles. The number of ether oxygens (including phenoxy) is 1. The van der Waals surface area contributed by atoms with Crippen LogP contribution in [0, 0.1) is 6.92 Å². The van der Waals surface area contributed by atoms with Gasteiger partial charge >= 0.3 is 0 Å². The maximum atomic E-state index is 13.2. The first-order valence-electron chi connectivity index (χ1n) is 10.7. The van der Waals surface area contributed by atoms with Gasteiger partial charge in [-0.3, -0.25) is 0 Å². The van der Waals surface area contributed by atoms with E-state index in [-0.39, 0.29) is 5.69 Å². The van der Waals surface area contributed by atoms with Crippen molar-refractivity contribution in [2.24, 2.45) is 0 Å². The maximum Gasteiger partial charge on any atom is 0.280 e. The fourth-order valence-corrected chi connectivity index (χ4v) is 5.31. The molecule has 0 N–H and O–H groups in total. The first-order valence-corrected chi connectivity index (χ1v) is 11.9. The number of thiophene rings is 1. The van der Waals surface area contributed by atoms with Crippen LogP contribution in [0.4, 0.5) is 8.78 Å². The zero-order chi connectivity index (χ0) is 24.1. The summed E-state index contributed by atoms with van der Waals surface area (Å²) in [6.07, 6.45) is -1.04. The molecule has 0 fully saturated rings. The van der Waals surface area contributed by atoms with E-state index in [1.165, 1.54) is 17.4 Å². The third-order valence-corrected chi connectivity index (χ3v) is 6.93. The van der Waals surface area contributed by atoms with Crippen LogP contribution in [0.25, 0.3) is 37.5 Å². The van der Waals surface area contributed by atoms with Crippen molar-refractivity contribution >= 4 is 49.0 Å². The molecule has 0 radical (unpaired) electrons. The molecule has 0 aliphatic heterocycles. The number of pyridine rings is 1. The highest BCUT2D eigenvalue weighted by Crippen LogP contribution is 2.37. The number of hydrogen-bond donors (Lipinski definition) is 0. The van der Waals surface area contributed by atoms with Crippen molar-refractivity contribution in [1.29, 1.82) is 0 Å². The second-order valence-corrected chi connectivity index (χ2v) is 9.45. The molecule has 0 saturated carbocycles. The highest BCUT2D eigenvalue weighted by Gasteiger charge is 2.19.